The van der Waals surface area contributed by atoms with Crippen molar-refractivity contribution in [2.24, 2.45) is 4.99 Å². The van der Waals surface area contributed by atoms with Gasteiger partial charge in [-0.15, -0.1) is 0 Å². The van der Waals surface area contributed by atoms with Gasteiger partial charge in [-0.1, -0.05) is 35.9 Å². The van der Waals surface area contributed by atoms with E-state index in [1.54, 1.807) is 42.9 Å². The normalized spacial score (nSPS) is 10.8. The van der Waals surface area contributed by atoms with E-state index in [9.17, 15) is 5.26 Å². The Labute approximate surface area is 177 Å². The van der Waals surface area contributed by atoms with Gasteiger partial charge in [0.05, 0.1) is 5.69 Å². The Balaban J connectivity index is 1.52. The molecule has 0 saturated heterocycles. The van der Waals surface area contributed by atoms with Crippen molar-refractivity contribution in [1.82, 2.24) is 20.2 Å². The monoisotopic (exact) mass is 414 g/mol. The molecule has 8 heteroatoms. The van der Waals surface area contributed by atoms with Crippen LogP contribution < -0.4 is 4.74 Å². The third-order valence-corrected chi connectivity index (χ3v) is 4.38. The number of ether oxygens (including phenoxy) is 1. The van der Waals surface area contributed by atoms with E-state index >= 15 is 0 Å². The summed E-state index contributed by atoms with van der Waals surface area (Å²) in [7, 11) is 0. The first-order valence-corrected chi connectivity index (χ1v) is 9.40. The Morgan fingerprint density at radius 1 is 1.10 bits per heavy atom. The summed E-state index contributed by atoms with van der Waals surface area (Å²) < 4.78 is 5.63. The Bertz CT molecular complexity index is 1230. The lowest BCUT2D eigenvalue weighted by Crippen LogP contribution is -1.91. The molecule has 30 heavy (non-hydrogen) atoms. The van der Waals surface area contributed by atoms with Crippen LogP contribution in [0, 0.1) is 11.3 Å². The maximum absolute atomic E-state index is 9.58. The number of nitrogens with zero attached hydrogens (tertiary/aromatic N) is 5. The van der Waals surface area contributed by atoms with Gasteiger partial charge in [-0.05, 0) is 41.5 Å². The summed E-state index contributed by atoms with van der Waals surface area (Å²) in [5.74, 6) is 0.904. The minimum absolute atomic E-state index is 0.260. The van der Waals surface area contributed by atoms with E-state index < -0.39 is 0 Å². The van der Waals surface area contributed by atoms with Crippen LogP contribution in [0.5, 0.6) is 11.8 Å². The zero-order chi connectivity index (χ0) is 20.8. The molecular weight excluding hydrogens is 400 g/mol. The van der Waals surface area contributed by atoms with Crippen LogP contribution in [-0.2, 0) is 6.42 Å². The molecule has 0 amide bonds. The molecule has 0 aliphatic rings. The zero-order valence-electron chi connectivity index (χ0n) is 15.7. The molecule has 0 saturated carbocycles. The molecule has 2 aromatic heterocycles. The Morgan fingerprint density at radius 3 is 2.73 bits per heavy atom. The third kappa shape index (κ3) is 4.69. The van der Waals surface area contributed by atoms with E-state index in [1.165, 1.54) is 0 Å². The van der Waals surface area contributed by atoms with Crippen LogP contribution in [-0.4, -0.2) is 26.4 Å². The molecule has 0 atom stereocenters. The lowest BCUT2D eigenvalue weighted by molar-refractivity contribution is 0.441. The van der Waals surface area contributed by atoms with Crippen LogP contribution in [0.1, 0.15) is 22.4 Å². The van der Waals surface area contributed by atoms with Crippen molar-refractivity contribution in [3.8, 4) is 17.8 Å². The number of H-pyrrole nitrogens is 1. The largest absolute Gasteiger partial charge is 0.424 e. The molecule has 0 unspecified atom stereocenters. The van der Waals surface area contributed by atoms with Gasteiger partial charge in [-0.25, -0.2) is 15.0 Å². The highest BCUT2D eigenvalue weighted by molar-refractivity contribution is 6.30. The molecule has 7 nitrogen and oxygen atoms in total. The van der Waals surface area contributed by atoms with Crippen molar-refractivity contribution in [1.29, 1.82) is 5.26 Å². The number of aromatic amines is 1. The van der Waals surface area contributed by atoms with E-state index in [0.717, 1.165) is 11.1 Å². The van der Waals surface area contributed by atoms with E-state index in [2.05, 4.69) is 31.2 Å². The van der Waals surface area contributed by atoms with Crippen LogP contribution in [0.2, 0.25) is 5.02 Å². The van der Waals surface area contributed by atoms with Crippen molar-refractivity contribution in [3.05, 3.63) is 94.4 Å². The first-order chi connectivity index (χ1) is 14.7. The number of nitrogens with one attached hydrogen (secondary N) is 1. The number of aromatic nitrogens is 4. The molecule has 0 aliphatic carbocycles. The second kappa shape index (κ2) is 8.99. The lowest BCUT2D eigenvalue weighted by atomic mass is 10.1. The summed E-state index contributed by atoms with van der Waals surface area (Å²) in [6.45, 7) is 0. The molecule has 2 heterocycles. The van der Waals surface area contributed by atoms with Crippen molar-refractivity contribution >= 4 is 23.6 Å². The summed E-state index contributed by atoms with van der Waals surface area (Å²) in [6.07, 6.45) is 5.34. The van der Waals surface area contributed by atoms with Gasteiger partial charge in [0, 0.05) is 30.1 Å². The van der Waals surface area contributed by atoms with E-state index in [0.29, 0.717) is 34.3 Å². The first kappa shape index (κ1) is 19.3. The second-order valence-electron chi connectivity index (χ2n) is 6.28. The maximum Gasteiger partial charge on any atom is 0.321 e. The van der Waals surface area contributed by atoms with Gasteiger partial charge in [0.25, 0.3) is 0 Å². The van der Waals surface area contributed by atoms with Crippen LogP contribution in [0.15, 0.2) is 72.0 Å². The van der Waals surface area contributed by atoms with Gasteiger partial charge in [0.2, 0.25) is 0 Å². The number of halogens is 1. The quantitative estimate of drug-likeness (QED) is 0.454. The van der Waals surface area contributed by atoms with Crippen molar-refractivity contribution in [2.45, 2.75) is 6.42 Å². The summed E-state index contributed by atoms with van der Waals surface area (Å²) in [5.41, 5.74) is 2.85. The van der Waals surface area contributed by atoms with Gasteiger partial charge in [0.1, 0.15) is 17.4 Å². The Kier molecular flexibility index (Phi) is 5.78. The minimum Gasteiger partial charge on any atom is -0.424 e. The van der Waals surface area contributed by atoms with Crippen molar-refractivity contribution in [2.75, 3.05) is 0 Å². The molecular formula is C22H15ClN6O. The van der Waals surface area contributed by atoms with Crippen molar-refractivity contribution in [3.63, 3.8) is 0 Å². The number of hydrogen-bond donors (Lipinski definition) is 1. The smallest absolute Gasteiger partial charge is 0.321 e. The molecule has 146 valence electrons. The highest BCUT2D eigenvalue weighted by atomic mass is 35.5. The van der Waals surface area contributed by atoms with Gasteiger partial charge in [-0.3, -0.25) is 5.10 Å². The van der Waals surface area contributed by atoms with Crippen LogP contribution in [0.3, 0.4) is 0 Å². The summed E-state index contributed by atoms with van der Waals surface area (Å²) >= 11 is 6.04. The summed E-state index contributed by atoms with van der Waals surface area (Å²) in [6, 6.07) is 18.9. The molecule has 2 aromatic carbocycles. The van der Waals surface area contributed by atoms with Crippen molar-refractivity contribution < 1.29 is 4.74 Å². The number of hydrogen-bond acceptors (Lipinski definition) is 6. The third-order valence-electron chi connectivity index (χ3n) is 4.15. The predicted octanol–water partition coefficient (Wildman–Crippen LogP) is 4.86. The van der Waals surface area contributed by atoms with E-state index in [1.807, 2.05) is 30.3 Å². The number of aliphatic imine (C=N–C) groups is 1. The van der Waals surface area contributed by atoms with Gasteiger partial charge < -0.3 is 4.74 Å². The molecule has 1 N–H and O–H groups in total. The molecule has 0 radical (unpaired) electrons. The van der Waals surface area contributed by atoms with Crippen LogP contribution in [0.25, 0.3) is 0 Å². The lowest BCUT2D eigenvalue weighted by Gasteiger charge is -2.03. The fraction of sp³-hybridized carbons (Fsp3) is 0.0455. The molecule has 4 aromatic rings. The maximum atomic E-state index is 9.58. The van der Waals surface area contributed by atoms with Gasteiger partial charge in [0.15, 0.2) is 5.82 Å². The molecule has 0 aliphatic heterocycles. The number of rotatable bonds is 6. The molecule has 0 spiro atoms. The van der Waals surface area contributed by atoms with Crippen LogP contribution in [0.4, 0.5) is 5.82 Å². The molecule has 4 rings (SSSR count). The topological polar surface area (TPSA) is 99.8 Å². The second-order valence-corrected chi connectivity index (χ2v) is 6.72. The summed E-state index contributed by atoms with van der Waals surface area (Å²) in [4.78, 5) is 12.4. The average Bonchev–Trinajstić information content (AvgIpc) is 3.14. The van der Waals surface area contributed by atoms with Crippen LogP contribution >= 0.6 is 11.6 Å². The Hall–Kier alpha value is -4.02. The molecule has 0 fully saturated rings. The standard InChI is InChI=1S/C22H15ClN6O/c23-17-6-1-4-15(10-17)12-20-19(13-24)21(29-28-20)27-14-16-5-2-7-18(11-16)30-22-25-8-3-9-26-22/h1-11,14H,12H2,(H,28,29). The minimum atomic E-state index is 0.260. The van der Waals surface area contributed by atoms with E-state index in [-0.39, 0.29) is 6.01 Å². The summed E-state index contributed by atoms with van der Waals surface area (Å²) in [5, 5.41) is 17.3. The predicted molar refractivity (Wildman–Crippen MR) is 113 cm³/mol. The Morgan fingerprint density at radius 2 is 1.93 bits per heavy atom. The highest BCUT2D eigenvalue weighted by Crippen LogP contribution is 2.23. The fourth-order valence-corrected chi connectivity index (χ4v) is 3.01. The highest BCUT2D eigenvalue weighted by Gasteiger charge is 2.12. The zero-order valence-corrected chi connectivity index (χ0v) is 16.4. The number of benzene rings is 2. The average molecular weight is 415 g/mol. The van der Waals surface area contributed by atoms with Gasteiger partial charge >= 0.3 is 6.01 Å². The first-order valence-electron chi connectivity index (χ1n) is 9.02. The molecule has 0 bridgehead atoms. The SMILES string of the molecule is N#Cc1c(N=Cc2cccc(Oc3ncccn3)c2)n[nH]c1Cc1cccc(Cl)c1. The van der Waals surface area contributed by atoms with E-state index in [4.69, 9.17) is 16.3 Å². The fourth-order valence-electron chi connectivity index (χ4n) is 2.79. The number of nitriles is 1. The van der Waals surface area contributed by atoms with Gasteiger partial charge in [-0.2, -0.15) is 10.4 Å².